The van der Waals surface area contributed by atoms with Crippen LogP contribution in [0, 0.1) is 13.5 Å². The number of rotatable bonds is 2. The lowest BCUT2D eigenvalue weighted by Crippen LogP contribution is -1.98. The molecule has 0 aliphatic rings. The van der Waals surface area contributed by atoms with Gasteiger partial charge in [0.05, 0.1) is 0 Å². The van der Waals surface area contributed by atoms with E-state index in [0.717, 1.165) is 0 Å². The largest absolute Gasteiger partial charge is 0.398 e. The van der Waals surface area contributed by atoms with Crippen LogP contribution in [0.4, 0.5) is 0 Å². The van der Waals surface area contributed by atoms with Crippen LogP contribution in [0.3, 0.4) is 0 Å². The van der Waals surface area contributed by atoms with Crippen LogP contribution in [0.15, 0.2) is 0 Å². The van der Waals surface area contributed by atoms with Gasteiger partial charge in [0, 0.05) is 0 Å². The monoisotopic (exact) mass is 123 g/mol. The molecule has 0 unspecified atom stereocenters. The molecule has 0 aromatic carbocycles. The molecule has 0 rings (SSSR count). The van der Waals surface area contributed by atoms with E-state index >= 15 is 0 Å². The molecular weight excluding hydrogens is 120 g/mol. The SMILES string of the molecule is [CH2][C]OS(=O)(=O)O. The third-order valence-corrected chi connectivity index (χ3v) is 0.493. The summed E-state index contributed by atoms with van der Waals surface area (Å²) in [6, 6.07) is 0. The molecule has 0 fully saturated rings. The second-order valence-corrected chi connectivity index (χ2v) is 1.68. The highest BCUT2D eigenvalue weighted by molar-refractivity contribution is 7.80. The van der Waals surface area contributed by atoms with E-state index < -0.39 is 10.4 Å². The summed E-state index contributed by atoms with van der Waals surface area (Å²) in [4.78, 5) is 0. The van der Waals surface area contributed by atoms with Crippen LogP contribution in [-0.4, -0.2) is 13.0 Å². The van der Waals surface area contributed by atoms with Crippen molar-refractivity contribution >= 4 is 10.4 Å². The Morgan fingerprint density at radius 1 is 1.71 bits per heavy atom. The summed E-state index contributed by atoms with van der Waals surface area (Å²) < 4.78 is 30.0. The highest BCUT2D eigenvalue weighted by Crippen LogP contribution is 1.85. The Hall–Kier alpha value is -0.130. The third kappa shape index (κ3) is 5.87. The molecule has 0 saturated heterocycles. The van der Waals surface area contributed by atoms with Crippen molar-refractivity contribution in [2.24, 2.45) is 0 Å². The lowest BCUT2D eigenvalue weighted by atomic mass is 10.9. The Bertz CT molecular complexity index is 123. The van der Waals surface area contributed by atoms with Gasteiger partial charge in [0.15, 0.2) is 6.61 Å². The Kier molecular flexibility index (Phi) is 2.21. The average molecular weight is 123 g/mol. The molecular formula is C2H3O4S. The van der Waals surface area contributed by atoms with Gasteiger partial charge in [-0.25, -0.2) is 4.18 Å². The van der Waals surface area contributed by atoms with Gasteiger partial charge in [-0.1, -0.05) is 0 Å². The zero-order chi connectivity index (χ0) is 5.91. The van der Waals surface area contributed by atoms with Crippen molar-refractivity contribution < 1.29 is 17.2 Å². The first-order valence-corrected chi connectivity index (χ1v) is 2.61. The van der Waals surface area contributed by atoms with E-state index in [4.69, 9.17) is 4.55 Å². The standard InChI is InChI=1S/C2H3O4S/c1-2-6-7(3,4)5/h1H2,(H,3,4,5). The van der Waals surface area contributed by atoms with Crippen molar-refractivity contribution in [2.75, 3.05) is 0 Å². The van der Waals surface area contributed by atoms with Crippen LogP contribution >= 0.6 is 0 Å². The molecule has 0 heterocycles. The van der Waals surface area contributed by atoms with Gasteiger partial charge >= 0.3 is 10.4 Å². The van der Waals surface area contributed by atoms with Gasteiger partial charge in [-0.3, -0.25) is 4.55 Å². The van der Waals surface area contributed by atoms with E-state index in [1.54, 1.807) is 0 Å². The van der Waals surface area contributed by atoms with Crippen molar-refractivity contribution in [2.45, 2.75) is 0 Å². The molecule has 41 valence electrons. The summed E-state index contributed by atoms with van der Waals surface area (Å²) in [5.74, 6) is 0. The minimum absolute atomic E-state index is 1.52. The van der Waals surface area contributed by atoms with Crippen LogP contribution in [0.1, 0.15) is 0 Å². The van der Waals surface area contributed by atoms with Gasteiger partial charge in [0.1, 0.15) is 0 Å². The molecule has 0 aromatic rings. The van der Waals surface area contributed by atoms with Gasteiger partial charge in [-0.05, 0) is 6.92 Å². The fraction of sp³-hybridized carbons (Fsp3) is 0. The van der Waals surface area contributed by atoms with Gasteiger partial charge < -0.3 is 0 Å². The molecule has 0 aromatic heterocycles. The maximum Gasteiger partial charge on any atom is 0.398 e. The van der Waals surface area contributed by atoms with Crippen molar-refractivity contribution in [3.8, 4) is 0 Å². The maximum atomic E-state index is 9.46. The highest BCUT2D eigenvalue weighted by atomic mass is 32.3. The fourth-order valence-electron chi connectivity index (χ4n) is 0.0745. The quantitative estimate of drug-likeness (QED) is 0.511. The van der Waals surface area contributed by atoms with Crippen molar-refractivity contribution in [3.63, 3.8) is 0 Å². The molecule has 0 aliphatic carbocycles. The zero-order valence-electron chi connectivity index (χ0n) is 3.29. The molecule has 1 N–H and O–H groups in total. The van der Waals surface area contributed by atoms with Gasteiger partial charge in [0.2, 0.25) is 0 Å². The van der Waals surface area contributed by atoms with Gasteiger partial charge in [-0.15, -0.1) is 0 Å². The first kappa shape index (κ1) is 6.87. The van der Waals surface area contributed by atoms with E-state index in [2.05, 4.69) is 11.1 Å². The van der Waals surface area contributed by atoms with Crippen LogP contribution in [0.2, 0.25) is 0 Å². The minimum Gasteiger partial charge on any atom is -0.264 e. The summed E-state index contributed by atoms with van der Waals surface area (Å²) >= 11 is 0. The Balaban J connectivity index is 3.60. The Morgan fingerprint density at radius 3 is 2.14 bits per heavy atom. The van der Waals surface area contributed by atoms with Crippen molar-refractivity contribution in [3.05, 3.63) is 13.5 Å². The van der Waals surface area contributed by atoms with Crippen LogP contribution in [0.5, 0.6) is 0 Å². The van der Waals surface area contributed by atoms with E-state index in [9.17, 15) is 8.42 Å². The van der Waals surface area contributed by atoms with Crippen molar-refractivity contribution in [1.82, 2.24) is 0 Å². The highest BCUT2D eigenvalue weighted by Gasteiger charge is 1.99. The second kappa shape index (κ2) is 2.25. The minimum atomic E-state index is -4.35. The Morgan fingerprint density at radius 2 is 2.14 bits per heavy atom. The topological polar surface area (TPSA) is 63.6 Å². The zero-order valence-corrected chi connectivity index (χ0v) is 4.10. The lowest BCUT2D eigenvalue weighted by Gasteiger charge is -1.86. The number of hydrogen-bond donors (Lipinski definition) is 1. The normalized spacial score (nSPS) is 11.7. The average Bonchev–Trinajstić information content (AvgIpc) is 1.30. The molecule has 5 heteroatoms. The summed E-state index contributed by atoms with van der Waals surface area (Å²) in [7, 11) is -4.35. The molecule has 0 saturated carbocycles. The predicted molar refractivity (Wildman–Crippen MR) is 21.2 cm³/mol. The van der Waals surface area contributed by atoms with Crippen LogP contribution in [0.25, 0.3) is 0 Å². The molecule has 0 atom stereocenters. The predicted octanol–water partition coefficient (Wildman–Crippen LogP) is -0.321. The van der Waals surface area contributed by atoms with Gasteiger partial charge in [0.25, 0.3) is 0 Å². The first-order valence-electron chi connectivity index (χ1n) is 1.24. The second-order valence-electron chi connectivity index (χ2n) is 0.655. The molecule has 3 radical (unpaired) electrons. The smallest absolute Gasteiger partial charge is 0.264 e. The van der Waals surface area contributed by atoms with Crippen molar-refractivity contribution in [1.29, 1.82) is 0 Å². The molecule has 7 heavy (non-hydrogen) atoms. The summed E-state index contributed by atoms with van der Waals surface area (Å²) in [5, 5.41) is 0. The molecule has 0 spiro atoms. The molecule has 0 amide bonds. The summed E-state index contributed by atoms with van der Waals surface area (Å²) in [6.45, 7) is 4.28. The lowest BCUT2D eigenvalue weighted by molar-refractivity contribution is 0.334. The van der Waals surface area contributed by atoms with Crippen LogP contribution in [-0.2, 0) is 14.6 Å². The van der Waals surface area contributed by atoms with E-state index in [0.29, 0.717) is 0 Å². The maximum absolute atomic E-state index is 9.46. The summed E-state index contributed by atoms with van der Waals surface area (Å²) in [6.07, 6.45) is 0. The molecule has 0 aliphatic heterocycles. The molecule has 4 nitrogen and oxygen atoms in total. The number of hydrogen-bond acceptors (Lipinski definition) is 3. The first-order chi connectivity index (χ1) is 3.06. The van der Waals surface area contributed by atoms with E-state index in [1.165, 1.54) is 6.61 Å². The van der Waals surface area contributed by atoms with E-state index in [-0.39, 0.29) is 0 Å². The summed E-state index contributed by atoms with van der Waals surface area (Å²) in [5.41, 5.74) is 0. The van der Waals surface area contributed by atoms with E-state index in [1.807, 2.05) is 0 Å². The Labute approximate surface area is 42.1 Å². The van der Waals surface area contributed by atoms with Crippen LogP contribution < -0.4 is 0 Å². The fourth-order valence-corrected chi connectivity index (χ4v) is 0.223. The molecule has 0 bridgehead atoms. The third-order valence-electron chi connectivity index (χ3n) is 0.164. The van der Waals surface area contributed by atoms with Gasteiger partial charge in [-0.2, -0.15) is 8.42 Å².